The van der Waals surface area contributed by atoms with E-state index in [-0.39, 0.29) is 0 Å². The number of hydrogen-bond donors (Lipinski definition) is 2. The van der Waals surface area contributed by atoms with Gasteiger partial charge in [-0.3, -0.25) is 5.10 Å². The van der Waals surface area contributed by atoms with Crippen LogP contribution in [0.15, 0.2) is 18.2 Å². The second-order valence-electron chi connectivity index (χ2n) is 4.91. The predicted molar refractivity (Wildman–Crippen MR) is 78.2 cm³/mol. The summed E-state index contributed by atoms with van der Waals surface area (Å²) in [7, 11) is 1.61. The number of hydrogen-bond acceptors (Lipinski definition) is 4. The number of H-pyrrole nitrogens is 1. The van der Waals surface area contributed by atoms with Crippen molar-refractivity contribution in [2.45, 2.75) is 12.8 Å². The number of halogens is 1. The summed E-state index contributed by atoms with van der Waals surface area (Å²) in [5.74, 6) is 2.33. The Balaban J connectivity index is 2.04. The van der Waals surface area contributed by atoms with Gasteiger partial charge in [-0.1, -0.05) is 11.6 Å². The molecule has 20 heavy (non-hydrogen) atoms. The molecule has 1 aliphatic carbocycles. The molecule has 0 bridgehead atoms. The molecule has 0 spiro atoms. The third-order valence-electron chi connectivity index (χ3n) is 3.32. The molecule has 3 rings (SSSR count). The topological polar surface area (TPSA) is 73.2 Å². The molecule has 0 atom stereocenters. The highest BCUT2D eigenvalue weighted by Crippen LogP contribution is 2.43. The van der Waals surface area contributed by atoms with Gasteiger partial charge in [0.25, 0.3) is 0 Å². The molecule has 1 aromatic heterocycles. The summed E-state index contributed by atoms with van der Waals surface area (Å²) in [5.41, 5.74) is 7.11. The van der Waals surface area contributed by atoms with Crippen LogP contribution in [0.4, 0.5) is 5.82 Å². The average molecular weight is 294 g/mol. The standard InChI is InChI=1S/C14H16ClN3O2/c1-19-11-5-4-9(15)13(10-6-12(16)18-17-10)14(11)20-7-8-2-3-8/h4-6,8H,2-3,7H2,1H3,(H3,16,17,18). The molecule has 0 amide bonds. The van der Waals surface area contributed by atoms with Gasteiger partial charge in [-0.15, -0.1) is 0 Å². The largest absolute Gasteiger partial charge is 0.493 e. The summed E-state index contributed by atoms with van der Waals surface area (Å²) in [6.45, 7) is 0.674. The Hall–Kier alpha value is -1.88. The molecule has 2 aromatic rings. The molecule has 5 nitrogen and oxygen atoms in total. The van der Waals surface area contributed by atoms with Gasteiger partial charge in [0.2, 0.25) is 0 Å². The third-order valence-corrected chi connectivity index (χ3v) is 3.63. The molecule has 1 fully saturated rings. The lowest BCUT2D eigenvalue weighted by Gasteiger charge is -2.15. The van der Waals surface area contributed by atoms with E-state index in [2.05, 4.69) is 10.2 Å². The fourth-order valence-corrected chi connectivity index (χ4v) is 2.30. The Morgan fingerprint density at radius 3 is 2.85 bits per heavy atom. The van der Waals surface area contributed by atoms with E-state index < -0.39 is 0 Å². The fourth-order valence-electron chi connectivity index (χ4n) is 2.05. The number of methoxy groups -OCH3 is 1. The lowest BCUT2D eigenvalue weighted by molar-refractivity contribution is 0.281. The third kappa shape index (κ3) is 2.54. The van der Waals surface area contributed by atoms with Gasteiger partial charge in [-0.05, 0) is 30.9 Å². The van der Waals surface area contributed by atoms with Gasteiger partial charge in [0, 0.05) is 6.07 Å². The number of nitrogen functional groups attached to an aromatic ring is 1. The van der Waals surface area contributed by atoms with Gasteiger partial charge in [0.15, 0.2) is 11.5 Å². The molecule has 106 valence electrons. The van der Waals surface area contributed by atoms with E-state index in [0.29, 0.717) is 34.9 Å². The number of benzene rings is 1. The summed E-state index contributed by atoms with van der Waals surface area (Å²) in [6, 6.07) is 5.30. The molecule has 0 unspecified atom stereocenters. The minimum Gasteiger partial charge on any atom is -0.493 e. The molecule has 0 aliphatic heterocycles. The number of aromatic amines is 1. The Morgan fingerprint density at radius 1 is 1.45 bits per heavy atom. The van der Waals surface area contributed by atoms with Crippen LogP contribution >= 0.6 is 11.6 Å². The van der Waals surface area contributed by atoms with Crippen LogP contribution in [0.3, 0.4) is 0 Å². The van der Waals surface area contributed by atoms with Crippen LogP contribution in [0.2, 0.25) is 5.02 Å². The van der Waals surface area contributed by atoms with E-state index in [1.54, 1.807) is 25.3 Å². The van der Waals surface area contributed by atoms with Crippen molar-refractivity contribution >= 4 is 17.4 Å². The maximum atomic E-state index is 6.31. The van der Waals surface area contributed by atoms with Gasteiger partial charge in [-0.25, -0.2) is 0 Å². The van der Waals surface area contributed by atoms with Crippen molar-refractivity contribution in [3.8, 4) is 22.8 Å². The van der Waals surface area contributed by atoms with E-state index in [1.165, 1.54) is 12.8 Å². The smallest absolute Gasteiger partial charge is 0.172 e. The van der Waals surface area contributed by atoms with E-state index in [4.69, 9.17) is 26.8 Å². The maximum absolute atomic E-state index is 6.31. The van der Waals surface area contributed by atoms with E-state index >= 15 is 0 Å². The molecule has 0 radical (unpaired) electrons. The summed E-state index contributed by atoms with van der Waals surface area (Å²) >= 11 is 6.31. The number of nitrogens with one attached hydrogen (secondary N) is 1. The van der Waals surface area contributed by atoms with Crippen LogP contribution in [0.25, 0.3) is 11.3 Å². The zero-order chi connectivity index (χ0) is 14.1. The molecule has 1 heterocycles. The van der Waals surface area contributed by atoms with Crippen molar-refractivity contribution in [3.63, 3.8) is 0 Å². The second kappa shape index (κ2) is 5.25. The van der Waals surface area contributed by atoms with Crippen molar-refractivity contribution < 1.29 is 9.47 Å². The second-order valence-corrected chi connectivity index (χ2v) is 5.32. The highest BCUT2D eigenvalue weighted by Gasteiger charge is 2.25. The summed E-state index contributed by atoms with van der Waals surface area (Å²) in [5, 5.41) is 7.37. The zero-order valence-corrected chi connectivity index (χ0v) is 11.9. The first-order valence-electron chi connectivity index (χ1n) is 6.49. The molecule has 1 aliphatic rings. The fraction of sp³-hybridized carbons (Fsp3) is 0.357. The number of rotatable bonds is 5. The molecular formula is C14H16ClN3O2. The van der Waals surface area contributed by atoms with Crippen LogP contribution in [0, 0.1) is 5.92 Å². The van der Waals surface area contributed by atoms with Crippen LogP contribution in [0.5, 0.6) is 11.5 Å². The van der Waals surface area contributed by atoms with E-state index in [1.807, 2.05) is 0 Å². The Bertz CT molecular complexity index is 623. The molecule has 1 saturated carbocycles. The maximum Gasteiger partial charge on any atom is 0.172 e. The zero-order valence-electron chi connectivity index (χ0n) is 11.1. The monoisotopic (exact) mass is 293 g/mol. The first kappa shape index (κ1) is 13.1. The summed E-state index contributed by atoms with van der Waals surface area (Å²) in [6.07, 6.45) is 2.43. The Kier molecular flexibility index (Phi) is 3.44. The van der Waals surface area contributed by atoms with Gasteiger partial charge < -0.3 is 15.2 Å². The summed E-state index contributed by atoms with van der Waals surface area (Å²) < 4.78 is 11.3. The molecule has 3 N–H and O–H groups in total. The van der Waals surface area contributed by atoms with Gasteiger partial charge in [-0.2, -0.15) is 5.10 Å². The first-order valence-corrected chi connectivity index (χ1v) is 6.87. The number of anilines is 1. The highest BCUT2D eigenvalue weighted by atomic mass is 35.5. The minimum absolute atomic E-state index is 0.409. The Morgan fingerprint density at radius 2 is 2.25 bits per heavy atom. The number of ether oxygens (including phenoxy) is 2. The quantitative estimate of drug-likeness (QED) is 0.888. The molecule has 6 heteroatoms. The first-order chi connectivity index (χ1) is 9.69. The highest BCUT2D eigenvalue weighted by molar-refractivity contribution is 6.33. The van der Waals surface area contributed by atoms with Crippen LogP contribution in [-0.4, -0.2) is 23.9 Å². The van der Waals surface area contributed by atoms with Crippen molar-refractivity contribution in [3.05, 3.63) is 23.2 Å². The lowest BCUT2D eigenvalue weighted by atomic mass is 10.1. The van der Waals surface area contributed by atoms with Crippen LogP contribution < -0.4 is 15.2 Å². The number of nitrogens with zero attached hydrogens (tertiary/aromatic N) is 1. The predicted octanol–water partition coefficient (Wildman–Crippen LogP) is 3.11. The van der Waals surface area contributed by atoms with Gasteiger partial charge >= 0.3 is 0 Å². The average Bonchev–Trinajstić information content (AvgIpc) is 3.17. The normalized spacial score (nSPS) is 14.3. The van der Waals surface area contributed by atoms with Crippen molar-refractivity contribution in [2.75, 3.05) is 19.5 Å². The van der Waals surface area contributed by atoms with Gasteiger partial charge in [0.1, 0.15) is 5.82 Å². The molecule has 1 aromatic carbocycles. The van der Waals surface area contributed by atoms with Gasteiger partial charge in [0.05, 0.1) is 30.0 Å². The minimum atomic E-state index is 0.409. The van der Waals surface area contributed by atoms with E-state index in [0.717, 1.165) is 11.3 Å². The van der Waals surface area contributed by atoms with Crippen molar-refractivity contribution in [2.24, 2.45) is 5.92 Å². The Labute approximate surface area is 122 Å². The molecular weight excluding hydrogens is 278 g/mol. The van der Waals surface area contributed by atoms with E-state index in [9.17, 15) is 0 Å². The van der Waals surface area contributed by atoms with Crippen LogP contribution in [0.1, 0.15) is 12.8 Å². The number of nitrogens with two attached hydrogens (primary N) is 1. The summed E-state index contributed by atoms with van der Waals surface area (Å²) in [4.78, 5) is 0. The van der Waals surface area contributed by atoms with Crippen LogP contribution in [-0.2, 0) is 0 Å². The SMILES string of the molecule is COc1ccc(Cl)c(-c2cc(N)n[nH]2)c1OCC1CC1. The van der Waals surface area contributed by atoms with Crippen molar-refractivity contribution in [1.82, 2.24) is 10.2 Å². The van der Waals surface area contributed by atoms with Crippen molar-refractivity contribution in [1.29, 1.82) is 0 Å². The number of aromatic nitrogens is 2. The molecule has 0 saturated heterocycles. The lowest BCUT2D eigenvalue weighted by Crippen LogP contribution is -2.03.